The summed E-state index contributed by atoms with van der Waals surface area (Å²) in [5.41, 5.74) is 2.38. The maximum Gasteiger partial charge on any atom is 0.122 e. The maximum absolute atomic E-state index is 6.01. The van der Waals surface area contributed by atoms with Crippen LogP contribution in [0.3, 0.4) is 0 Å². The van der Waals surface area contributed by atoms with Crippen LogP contribution in [-0.4, -0.2) is 19.8 Å². The summed E-state index contributed by atoms with van der Waals surface area (Å²) in [5, 5.41) is 3.41. The number of nitrogens with one attached hydrogen (secondary N) is 1. The SMILES string of the molecule is CCCCCCCOc1ccc(NCCOc2ccccc2C(C)CC)cc1. The lowest BCUT2D eigenvalue weighted by atomic mass is 9.98. The van der Waals surface area contributed by atoms with E-state index >= 15 is 0 Å². The molecule has 0 saturated carbocycles. The summed E-state index contributed by atoms with van der Waals surface area (Å²) < 4.78 is 11.8. The Morgan fingerprint density at radius 1 is 0.821 bits per heavy atom. The number of rotatable bonds is 14. The first-order valence-corrected chi connectivity index (χ1v) is 10.9. The Hall–Kier alpha value is -2.16. The smallest absolute Gasteiger partial charge is 0.122 e. The summed E-state index contributed by atoms with van der Waals surface area (Å²) in [6.45, 7) is 8.91. The van der Waals surface area contributed by atoms with Gasteiger partial charge in [0.2, 0.25) is 0 Å². The van der Waals surface area contributed by atoms with Gasteiger partial charge in [-0.15, -0.1) is 0 Å². The van der Waals surface area contributed by atoms with Crippen LogP contribution in [-0.2, 0) is 0 Å². The molecule has 0 radical (unpaired) electrons. The van der Waals surface area contributed by atoms with Crippen molar-refractivity contribution in [3.8, 4) is 11.5 Å². The second kappa shape index (κ2) is 13.1. The van der Waals surface area contributed by atoms with E-state index in [1.807, 2.05) is 18.2 Å². The number of anilines is 1. The van der Waals surface area contributed by atoms with Crippen LogP contribution in [0.1, 0.15) is 70.8 Å². The van der Waals surface area contributed by atoms with Gasteiger partial charge in [0.15, 0.2) is 0 Å². The van der Waals surface area contributed by atoms with Crippen LogP contribution < -0.4 is 14.8 Å². The number of hydrogen-bond donors (Lipinski definition) is 1. The van der Waals surface area contributed by atoms with E-state index in [1.165, 1.54) is 31.2 Å². The molecule has 28 heavy (non-hydrogen) atoms. The van der Waals surface area contributed by atoms with Gasteiger partial charge in [-0.25, -0.2) is 0 Å². The van der Waals surface area contributed by atoms with Gasteiger partial charge in [0.05, 0.1) is 6.61 Å². The molecule has 2 aromatic carbocycles. The summed E-state index contributed by atoms with van der Waals surface area (Å²) >= 11 is 0. The fourth-order valence-electron chi connectivity index (χ4n) is 3.16. The van der Waals surface area contributed by atoms with Crippen molar-refractivity contribution in [1.82, 2.24) is 0 Å². The molecule has 0 aliphatic carbocycles. The third-order valence-corrected chi connectivity index (χ3v) is 5.12. The van der Waals surface area contributed by atoms with E-state index in [1.54, 1.807) is 0 Å². The first kappa shape index (κ1) is 22.1. The third kappa shape index (κ3) is 7.84. The van der Waals surface area contributed by atoms with E-state index < -0.39 is 0 Å². The van der Waals surface area contributed by atoms with Gasteiger partial charge in [0, 0.05) is 12.2 Å². The van der Waals surface area contributed by atoms with Crippen LogP contribution in [0, 0.1) is 0 Å². The van der Waals surface area contributed by atoms with Crippen LogP contribution in [0.15, 0.2) is 48.5 Å². The van der Waals surface area contributed by atoms with Crippen LogP contribution >= 0.6 is 0 Å². The third-order valence-electron chi connectivity index (χ3n) is 5.12. The van der Waals surface area contributed by atoms with Gasteiger partial charge in [0.25, 0.3) is 0 Å². The number of hydrogen-bond acceptors (Lipinski definition) is 3. The van der Waals surface area contributed by atoms with E-state index in [9.17, 15) is 0 Å². The van der Waals surface area contributed by atoms with Crippen molar-refractivity contribution in [2.24, 2.45) is 0 Å². The van der Waals surface area contributed by atoms with E-state index in [2.05, 4.69) is 56.4 Å². The Morgan fingerprint density at radius 3 is 2.32 bits per heavy atom. The normalized spacial score (nSPS) is 11.8. The number of ether oxygens (including phenoxy) is 2. The van der Waals surface area contributed by atoms with Gasteiger partial charge < -0.3 is 14.8 Å². The highest BCUT2D eigenvalue weighted by atomic mass is 16.5. The molecule has 0 amide bonds. The summed E-state index contributed by atoms with van der Waals surface area (Å²) in [5.74, 6) is 2.46. The zero-order chi connectivity index (χ0) is 20.0. The summed E-state index contributed by atoms with van der Waals surface area (Å²) in [4.78, 5) is 0. The Bertz CT molecular complexity index is 654. The van der Waals surface area contributed by atoms with Crippen molar-refractivity contribution in [1.29, 1.82) is 0 Å². The van der Waals surface area contributed by atoms with Crippen molar-refractivity contribution in [2.45, 2.75) is 65.2 Å². The fourth-order valence-corrected chi connectivity index (χ4v) is 3.16. The summed E-state index contributed by atoms with van der Waals surface area (Å²) in [6.07, 6.45) is 7.43. The second-order valence-corrected chi connectivity index (χ2v) is 7.41. The Morgan fingerprint density at radius 2 is 1.57 bits per heavy atom. The standard InChI is InChI=1S/C25H37NO2/c1-4-6-7-8-11-19-27-23-16-14-22(15-17-23)26-18-20-28-25-13-10-9-12-24(25)21(3)5-2/h9-10,12-17,21,26H,4-8,11,18-20H2,1-3H3. The quantitative estimate of drug-likeness (QED) is 0.355. The molecule has 0 saturated heterocycles. The predicted molar refractivity (Wildman–Crippen MR) is 120 cm³/mol. The average molecular weight is 384 g/mol. The van der Waals surface area contributed by atoms with Gasteiger partial charge in [-0.2, -0.15) is 0 Å². The van der Waals surface area contributed by atoms with Gasteiger partial charge in [-0.1, -0.05) is 64.7 Å². The van der Waals surface area contributed by atoms with E-state index in [-0.39, 0.29) is 0 Å². The second-order valence-electron chi connectivity index (χ2n) is 7.41. The highest BCUT2D eigenvalue weighted by Crippen LogP contribution is 2.28. The molecule has 0 heterocycles. The first-order valence-electron chi connectivity index (χ1n) is 10.9. The summed E-state index contributed by atoms with van der Waals surface area (Å²) in [6, 6.07) is 16.6. The first-order chi connectivity index (χ1) is 13.7. The largest absolute Gasteiger partial charge is 0.494 e. The molecule has 1 atom stereocenters. The molecule has 1 N–H and O–H groups in total. The molecule has 154 valence electrons. The van der Waals surface area contributed by atoms with E-state index in [4.69, 9.17) is 9.47 Å². The van der Waals surface area contributed by atoms with Crippen molar-refractivity contribution < 1.29 is 9.47 Å². The number of unbranched alkanes of at least 4 members (excludes halogenated alkanes) is 4. The maximum atomic E-state index is 6.01. The van der Waals surface area contributed by atoms with Crippen LogP contribution in [0.2, 0.25) is 0 Å². The lowest BCUT2D eigenvalue weighted by molar-refractivity contribution is 0.304. The highest BCUT2D eigenvalue weighted by molar-refractivity contribution is 5.46. The lowest BCUT2D eigenvalue weighted by Gasteiger charge is -2.16. The Balaban J connectivity index is 1.67. The molecule has 3 nitrogen and oxygen atoms in total. The van der Waals surface area contributed by atoms with Crippen LogP contribution in [0.4, 0.5) is 5.69 Å². The van der Waals surface area contributed by atoms with Gasteiger partial charge in [0.1, 0.15) is 18.1 Å². The van der Waals surface area contributed by atoms with Gasteiger partial charge in [-0.05, 0) is 54.7 Å². The number of benzene rings is 2. The zero-order valence-corrected chi connectivity index (χ0v) is 17.9. The molecule has 0 bridgehead atoms. The molecule has 1 unspecified atom stereocenters. The molecular weight excluding hydrogens is 346 g/mol. The minimum Gasteiger partial charge on any atom is -0.494 e. The molecule has 0 aliphatic rings. The van der Waals surface area contributed by atoms with Gasteiger partial charge >= 0.3 is 0 Å². The van der Waals surface area contributed by atoms with Crippen molar-refractivity contribution in [2.75, 3.05) is 25.1 Å². The molecule has 0 aromatic heterocycles. The highest BCUT2D eigenvalue weighted by Gasteiger charge is 2.09. The topological polar surface area (TPSA) is 30.5 Å². The monoisotopic (exact) mass is 383 g/mol. The molecule has 3 heteroatoms. The zero-order valence-electron chi connectivity index (χ0n) is 17.9. The molecule has 2 aromatic rings. The minimum atomic E-state index is 0.517. The Labute approximate surface area is 171 Å². The van der Waals surface area contributed by atoms with Crippen molar-refractivity contribution >= 4 is 5.69 Å². The predicted octanol–water partition coefficient (Wildman–Crippen LogP) is 7.04. The lowest BCUT2D eigenvalue weighted by Crippen LogP contribution is -2.12. The molecule has 0 spiro atoms. The summed E-state index contributed by atoms with van der Waals surface area (Å²) in [7, 11) is 0. The van der Waals surface area contributed by atoms with Crippen molar-refractivity contribution in [3.05, 3.63) is 54.1 Å². The van der Waals surface area contributed by atoms with Crippen LogP contribution in [0.25, 0.3) is 0 Å². The Kier molecular flexibility index (Phi) is 10.3. The molecule has 0 fully saturated rings. The molecule has 2 rings (SSSR count). The van der Waals surface area contributed by atoms with Gasteiger partial charge in [-0.3, -0.25) is 0 Å². The van der Waals surface area contributed by atoms with E-state index in [0.29, 0.717) is 12.5 Å². The fraction of sp³-hybridized carbons (Fsp3) is 0.520. The average Bonchev–Trinajstić information content (AvgIpc) is 2.74. The molecule has 0 aliphatic heterocycles. The number of para-hydroxylation sites is 1. The van der Waals surface area contributed by atoms with Crippen molar-refractivity contribution in [3.63, 3.8) is 0 Å². The van der Waals surface area contributed by atoms with Crippen LogP contribution in [0.5, 0.6) is 11.5 Å². The molecular formula is C25H37NO2. The van der Waals surface area contributed by atoms with E-state index in [0.717, 1.165) is 43.2 Å². The minimum absolute atomic E-state index is 0.517.